The number of hydrogen-bond donors (Lipinski definition) is 2. The van der Waals surface area contributed by atoms with E-state index in [1.54, 1.807) is 19.2 Å². The molecule has 0 fully saturated rings. The van der Waals surface area contributed by atoms with Crippen molar-refractivity contribution in [3.63, 3.8) is 0 Å². The van der Waals surface area contributed by atoms with Gasteiger partial charge in [0.05, 0.1) is 22.0 Å². The number of methoxy groups -OCH3 is 1. The molecule has 0 aliphatic carbocycles. The SMILES string of the molecule is COCCCNC(=O)CN(C)C(=O)c1cc(S(=O)(=O)Nc2ccc(C)c(C)c2)ccc1Cl. The molecule has 8 nitrogen and oxygen atoms in total. The minimum absolute atomic E-state index is 0.00990. The Bertz CT molecular complexity index is 1090. The van der Waals surface area contributed by atoms with Crippen molar-refractivity contribution < 1.29 is 22.7 Å². The van der Waals surface area contributed by atoms with E-state index < -0.39 is 15.9 Å². The Morgan fingerprint density at radius 2 is 1.81 bits per heavy atom. The summed E-state index contributed by atoms with van der Waals surface area (Å²) in [6.45, 7) is 4.56. The molecule has 0 spiro atoms. The fourth-order valence-electron chi connectivity index (χ4n) is 2.85. The van der Waals surface area contributed by atoms with Gasteiger partial charge in [0.2, 0.25) is 5.91 Å². The van der Waals surface area contributed by atoms with Gasteiger partial charge >= 0.3 is 0 Å². The molecular weight excluding hydrogens is 454 g/mol. The molecule has 32 heavy (non-hydrogen) atoms. The maximum absolute atomic E-state index is 12.8. The summed E-state index contributed by atoms with van der Waals surface area (Å²) in [6.07, 6.45) is 0.652. The monoisotopic (exact) mass is 481 g/mol. The summed E-state index contributed by atoms with van der Waals surface area (Å²) in [4.78, 5) is 25.9. The molecule has 0 bridgehead atoms. The highest BCUT2D eigenvalue weighted by atomic mass is 35.5. The van der Waals surface area contributed by atoms with E-state index in [-0.39, 0.29) is 27.9 Å². The highest BCUT2D eigenvalue weighted by Crippen LogP contribution is 2.24. The Hall–Kier alpha value is -2.62. The summed E-state index contributed by atoms with van der Waals surface area (Å²) < 4.78 is 33.1. The minimum Gasteiger partial charge on any atom is -0.385 e. The summed E-state index contributed by atoms with van der Waals surface area (Å²) >= 11 is 6.16. The third-order valence-corrected chi connectivity index (χ3v) is 6.52. The van der Waals surface area contributed by atoms with Gasteiger partial charge in [0.25, 0.3) is 15.9 Å². The number of carbonyl (C=O) groups excluding carboxylic acids is 2. The zero-order chi connectivity index (χ0) is 23.9. The topological polar surface area (TPSA) is 105 Å². The van der Waals surface area contributed by atoms with Crippen LogP contribution in [-0.4, -0.2) is 59.0 Å². The van der Waals surface area contributed by atoms with Gasteiger partial charge in [-0.2, -0.15) is 0 Å². The normalized spacial score (nSPS) is 11.2. The second-order valence-electron chi connectivity index (χ2n) is 7.40. The number of nitrogens with one attached hydrogen (secondary N) is 2. The Balaban J connectivity index is 2.15. The summed E-state index contributed by atoms with van der Waals surface area (Å²) in [5.41, 5.74) is 2.39. The van der Waals surface area contributed by atoms with Crippen molar-refractivity contribution in [2.24, 2.45) is 0 Å². The Kier molecular flexibility index (Phi) is 9.06. The van der Waals surface area contributed by atoms with E-state index >= 15 is 0 Å². The Morgan fingerprint density at radius 3 is 2.47 bits per heavy atom. The molecule has 0 unspecified atom stereocenters. The minimum atomic E-state index is -3.95. The summed E-state index contributed by atoms with van der Waals surface area (Å²) in [7, 11) is -0.933. The van der Waals surface area contributed by atoms with Crippen molar-refractivity contribution in [1.82, 2.24) is 10.2 Å². The molecule has 0 atom stereocenters. The number of rotatable bonds is 10. The smallest absolute Gasteiger partial charge is 0.261 e. The van der Waals surface area contributed by atoms with Gasteiger partial charge < -0.3 is 15.0 Å². The second kappa shape index (κ2) is 11.3. The van der Waals surface area contributed by atoms with Crippen LogP contribution in [0.3, 0.4) is 0 Å². The first-order valence-electron chi connectivity index (χ1n) is 9.96. The zero-order valence-electron chi connectivity index (χ0n) is 18.6. The van der Waals surface area contributed by atoms with Crippen LogP contribution in [0.2, 0.25) is 5.02 Å². The fraction of sp³-hybridized carbons (Fsp3) is 0.364. The van der Waals surface area contributed by atoms with E-state index in [1.165, 1.54) is 30.1 Å². The predicted molar refractivity (Wildman–Crippen MR) is 125 cm³/mol. The molecule has 0 aliphatic heterocycles. The lowest BCUT2D eigenvalue weighted by Crippen LogP contribution is -2.39. The summed E-state index contributed by atoms with van der Waals surface area (Å²) in [5.74, 6) is -0.904. The van der Waals surface area contributed by atoms with Gasteiger partial charge in [-0.05, 0) is 61.7 Å². The number of nitrogens with zero attached hydrogens (tertiary/aromatic N) is 1. The lowest BCUT2D eigenvalue weighted by Gasteiger charge is -2.18. The number of ether oxygens (including phenoxy) is 1. The number of hydrogen-bond acceptors (Lipinski definition) is 5. The van der Waals surface area contributed by atoms with Crippen LogP contribution in [0.1, 0.15) is 27.9 Å². The highest BCUT2D eigenvalue weighted by molar-refractivity contribution is 7.92. The van der Waals surface area contributed by atoms with Gasteiger partial charge in [0, 0.05) is 33.0 Å². The summed E-state index contributed by atoms with van der Waals surface area (Å²) in [6, 6.07) is 9.10. The second-order valence-corrected chi connectivity index (χ2v) is 9.49. The number of anilines is 1. The zero-order valence-corrected chi connectivity index (χ0v) is 20.1. The quantitative estimate of drug-likeness (QED) is 0.507. The van der Waals surface area contributed by atoms with E-state index in [0.717, 1.165) is 11.1 Å². The molecule has 10 heteroatoms. The molecule has 2 aromatic carbocycles. The van der Waals surface area contributed by atoms with Crippen molar-refractivity contribution in [3.05, 3.63) is 58.1 Å². The number of aryl methyl sites for hydroxylation is 2. The maximum atomic E-state index is 12.8. The van der Waals surface area contributed by atoms with E-state index in [0.29, 0.717) is 25.3 Å². The van der Waals surface area contributed by atoms with Crippen LogP contribution in [0.25, 0.3) is 0 Å². The molecule has 174 valence electrons. The number of likely N-dealkylation sites (N-methyl/N-ethyl adjacent to an activating group) is 1. The predicted octanol–water partition coefficient (Wildman–Crippen LogP) is 2.98. The number of halogens is 1. The molecule has 2 N–H and O–H groups in total. The van der Waals surface area contributed by atoms with Crippen LogP contribution in [0.4, 0.5) is 5.69 Å². The molecule has 0 aliphatic rings. The molecule has 0 saturated carbocycles. The molecule has 2 rings (SSSR count). The lowest BCUT2D eigenvalue weighted by molar-refractivity contribution is -0.121. The average Bonchev–Trinajstić information content (AvgIpc) is 2.73. The van der Waals surface area contributed by atoms with Gasteiger partial charge in [-0.15, -0.1) is 0 Å². The molecule has 2 aromatic rings. The van der Waals surface area contributed by atoms with Gasteiger partial charge in [-0.3, -0.25) is 14.3 Å². The van der Waals surface area contributed by atoms with Crippen LogP contribution in [-0.2, 0) is 19.6 Å². The summed E-state index contributed by atoms with van der Waals surface area (Å²) in [5, 5.41) is 2.78. The molecule has 0 heterocycles. The Labute approximate surface area is 193 Å². The number of benzene rings is 2. The first-order chi connectivity index (χ1) is 15.0. The van der Waals surface area contributed by atoms with Crippen LogP contribution < -0.4 is 10.0 Å². The van der Waals surface area contributed by atoms with Gasteiger partial charge in [-0.1, -0.05) is 17.7 Å². The maximum Gasteiger partial charge on any atom is 0.261 e. The van der Waals surface area contributed by atoms with Crippen LogP contribution in [0.5, 0.6) is 0 Å². The largest absolute Gasteiger partial charge is 0.385 e. The Morgan fingerprint density at radius 1 is 1.09 bits per heavy atom. The van der Waals surface area contributed by atoms with E-state index in [9.17, 15) is 18.0 Å². The van der Waals surface area contributed by atoms with E-state index in [1.807, 2.05) is 19.9 Å². The number of carbonyl (C=O) groups is 2. The van der Waals surface area contributed by atoms with Crippen LogP contribution in [0, 0.1) is 13.8 Å². The van der Waals surface area contributed by atoms with Crippen LogP contribution in [0.15, 0.2) is 41.3 Å². The van der Waals surface area contributed by atoms with Crippen LogP contribution >= 0.6 is 11.6 Å². The number of sulfonamides is 1. The van der Waals surface area contributed by atoms with Crippen molar-refractivity contribution >= 4 is 39.1 Å². The first kappa shape index (κ1) is 25.6. The molecule has 0 aromatic heterocycles. The highest BCUT2D eigenvalue weighted by Gasteiger charge is 2.22. The van der Waals surface area contributed by atoms with Gasteiger partial charge in [0.15, 0.2) is 0 Å². The molecule has 0 saturated heterocycles. The first-order valence-corrected chi connectivity index (χ1v) is 11.8. The fourth-order valence-corrected chi connectivity index (χ4v) is 4.12. The standard InChI is InChI=1S/C22H28ClN3O5S/c1-15-6-7-17(12-16(15)2)25-32(29,30)18-8-9-20(23)19(13-18)22(28)26(3)14-21(27)24-10-5-11-31-4/h6-9,12-13,25H,5,10-11,14H2,1-4H3,(H,24,27). The molecular formula is C22H28ClN3O5S. The third kappa shape index (κ3) is 6.94. The third-order valence-electron chi connectivity index (χ3n) is 4.81. The van der Waals surface area contributed by atoms with Gasteiger partial charge in [-0.25, -0.2) is 8.42 Å². The van der Waals surface area contributed by atoms with Crippen molar-refractivity contribution in [2.75, 3.05) is 38.6 Å². The van der Waals surface area contributed by atoms with Crippen molar-refractivity contribution in [3.8, 4) is 0 Å². The average molecular weight is 482 g/mol. The van der Waals surface area contributed by atoms with Crippen molar-refractivity contribution in [2.45, 2.75) is 25.2 Å². The van der Waals surface area contributed by atoms with Crippen molar-refractivity contribution in [1.29, 1.82) is 0 Å². The molecule has 0 radical (unpaired) electrons. The van der Waals surface area contributed by atoms with E-state index in [2.05, 4.69) is 10.0 Å². The molecule has 2 amide bonds. The van der Waals surface area contributed by atoms with Gasteiger partial charge in [0.1, 0.15) is 0 Å². The van der Waals surface area contributed by atoms with E-state index in [4.69, 9.17) is 16.3 Å². The number of amides is 2. The lowest BCUT2D eigenvalue weighted by atomic mass is 10.1.